The Kier molecular flexibility index (Phi) is 9.79. The molecular formula is C26H40O9. The van der Waals surface area contributed by atoms with Crippen molar-refractivity contribution < 1.29 is 43.6 Å². The SMILES string of the molecule is C/C=C(/C)C(=O)OC1[C@@H](O)C2C(OC(=O)[C@H]2COC)[C@@H](C(=O)C(C)CC)[C@@](C)(O)C(=O)CC[C@H]1C. The van der Waals surface area contributed by atoms with Gasteiger partial charge in [-0.25, -0.2) is 4.79 Å². The van der Waals surface area contributed by atoms with Crippen LogP contribution in [-0.4, -0.2) is 71.3 Å². The number of hydrogen-bond acceptors (Lipinski definition) is 9. The highest BCUT2D eigenvalue weighted by Gasteiger charge is 2.61. The number of methoxy groups -OCH3 is 1. The summed E-state index contributed by atoms with van der Waals surface area (Å²) in [5.41, 5.74) is -1.77. The van der Waals surface area contributed by atoms with Crippen molar-refractivity contribution in [2.45, 2.75) is 84.7 Å². The number of carbonyl (C=O) groups excluding carboxylic acids is 4. The number of aliphatic hydroxyl groups is 2. The third-order valence-electron chi connectivity index (χ3n) is 7.77. The van der Waals surface area contributed by atoms with Crippen LogP contribution in [-0.2, 0) is 33.4 Å². The summed E-state index contributed by atoms with van der Waals surface area (Å²) in [4.78, 5) is 52.3. The number of allylic oxidation sites excluding steroid dienone is 1. The molecule has 2 N–H and O–H groups in total. The Hall–Kier alpha value is -2.10. The van der Waals surface area contributed by atoms with E-state index in [-0.39, 0.29) is 19.4 Å². The molecule has 35 heavy (non-hydrogen) atoms. The van der Waals surface area contributed by atoms with Gasteiger partial charge in [0.05, 0.1) is 24.5 Å². The minimum absolute atomic E-state index is 0.103. The van der Waals surface area contributed by atoms with E-state index >= 15 is 0 Å². The molecule has 1 aliphatic heterocycles. The Bertz CT molecular complexity index is 846. The minimum atomic E-state index is -2.11. The third kappa shape index (κ3) is 5.84. The quantitative estimate of drug-likeness (QED) is 0.400. The number of Topliss-reactive ketones (excluding diaryl/α,β-unsaturated/α-hetero) is 2. The molecular weight excluding hydrogens is 456 g/mol. The zero-order valence-electron chi connectivity index (χ0n) is 21.8. The fourth-order valence-corrected chi connectivity index (χ4v) is 5.06. The van der Waals surface area contributed by atoms with E-state index in [2.05, 4.69) is 0 Å². The highest BCUT2D eigenvalue weighted by molar-refractivity contribution is 5.96. The molecule has 0 aromatic rings. The Morgan fingerprint density at radius 1 is 1.31 bits per heavy atom. The van der Waals surface area contributed by atoms with Gasteiger partial charge in [-0.3, -0.25) is 14.4 Å². The first kappa shape index (κ1) is 29.1. The van der Waals surface area contributed by atoms with E-state index in [0.29, 0.717) is 12.0 Å². The van der Waals surface area contributed by atoms with Gasteiger partial charge in [0.15, 0.2) is 5.78 Å². The minimum Gasteiger partial charge on any atom is -0.461 e. The van der Waals surface area contributed by atoms with Crippen molar-refractivity contribution in [2.24, 2.45) is 29.6 Å². The highest BCUT2D eigenvalue weighted by Crippen LogP contribution is 2.44. The van der Waals surface area contributed by atoms with Crippen LogP contribution in [0.5, 0.6) is 0 Å². The number of carbonyl (C=O) groups is 4. The van der Waals surface area contributed by atoms with Gasteiger partial charge in [0.25, 0.3) is 0 Å². The molecule has 9 heteroatoms. The van der Waals surface area contributed by atoms with Gasteiger partial charge in [-0.2, -0.15) is 0 Å². The first-order valence-electron chi connectivity index (χ1n) is 12.3. The second-order valence-electron chi connectivity index (χ2n) is 10.1. The lowest BCUT2D eigenvalue weighted by Crippen LogP contribution is -2.58. The molecule has 1 saturated heterocycles. The average molecular weight is 497 g/mol. The van der Waals surface area contributed by atoms with Gasteiger partial charge in [-0.1, -0.05) is 26.8 Å². The van der Waals surface area contributed by atoms with Gasteiger partial charge in [-0.15, -0.1) is 0 Å². The fraction of sp³-hybridized carbons (Fsp3) is 0.769. The normalized spacial score (nSPS) is 37.3. The van der Waals surface area contributed by atoms with E-state index in [1.807, 2.05) is 0 Å². The van der Waals surface area contributed by atoms with Crippen LogP contribution in [0.4, 0.5) is 0 Å². The van der Waals surface area contributed by atoms with E-state index in [9.17, 15) is 29.4 Å². The summed E-state index contributed by atoms with van der Waals surface area (Å²) in [5, 5.41) is 23.0. The Morgan fingerprint density at radius 2 is 1.94 bits per heavy atom. The lowest BCUT2D eigenvalue weighted by molar-refractivity contribution is -0.175. The third-order valence-corrected chi connectivity index (χ3v) is 7.77. The summed E-state index contributed by atoms with van der Waals surface area (Å²) >= 11 is 0. The predicted octanol–water partition coefficient (Wildman–Crippen LogP) is 2.01. The summed E-state index contributed by atoms with van der Waals surface area (Å²) < 4.78 is 16.6. The van der Waals surface area contributed by atoms with E-state index in [4.69, 9.17) is 14.2 Å². The van der Waals surface area contributed by atoms with Crippen molar-refractivity contribution in [3.8, 4) is 0 Å². The van der Waals surface area contributed by atoms with Crippen molar-refractivity contribution >= 4 is 23.5 Å². The number of esters is 2. The maximum absolute atomic E-state index is 13.5. The molecule has 1 aliphatic carbocycles. The molecule has 0 aromatic heterocycles. The van der Waals surface area contributed by atoms with Crippen molar-refractivity contribution in [2.75, 3.05) is 13.7 Å². The average Bonchev–Trinajstić information content (AvgIpc) is 3.13. The number of rotatable bonds is 7. The largest absolute Gasteiger partial charge is 0.461 e. The predicted molar refractivity (Wildman–Crippen MR) is 126 cm³/mol. The van der Waals surface area contributed by atoms with Crippen LogP contribution < -0.4 is 0 Å². The molecule has 2 rings (SSSR count). The zero-order valence-corrected chi connectivity index (χ0v) is 21.8. The fourth-order valence-electron chi connectivity index (χ4n) is 5.06. The lowest BCUT2D eigenvalue weighted by Gasteiger charge is -2.42. The molecule has 0 amide bonds. The lowest BCUT2D eigenvalue weighted by atomic mass is 9.66. The summed E-state index contributed by atoms with van der Waals surface area (Å²) in [7, 11) is 1.39. The van der Waals surface area contributed by atoms with Crippen LogP contribution in [0.2, 0.25) is 0 Å². The van der Waals surface area contributed by atoms with Crippen molar-refractivity contribution in [3.63, 3.8) is 0 Å². The summed E-state index contributed by atoms with van der Waals surface area (Å²) in [5.74, 6) is -6.75. The summed E-state index contributed by atoms with van der Waals surface area (Å²) in [6, 6.07) is 0. The smallest absolute Gasteiger partial charge is 0.333 e. The van der Waals surface area contributed by atoms with Gasteiger partial charge in [-0.05, 0) is 39.5 Å². The van der Waals surface area contributed by atoms with E-state index < -0.39 is 77.0 Å². The van der Waals surface area contributed by atoms with Crippen LogP contribution in [0, 0.1) is 29.6 Å². The first-order chi connectivity index (χ1) is 16.3. The topological polar surface area (TPSA) is 136 Å². The van der Waals surface area contributed by atoms with Gasteiger partial charge in [0, 0.05) is 30.9 Å². The molecule has 1 heterocycles. The Balaban J connectivity index is 2.68. The molecule has 9 nitrogen and oxygen atoms in total. The second-order valence-corrected chi connectivity index (χ2v) is 10.1. The van der Waals surface area contributed by atoms with Gasteiger partial charge in [0.1, 0.15) is 23.6 Å². The molecule has 0 aromatic carbocycles. The van der Waals surface area contributed by atoms with Crippen molar-refractivity contribution in [1.29, 1.82) is 0 Å². The number of ether oxygens (including phenoxy) is 3. The summed E-state index contributed by atoms with van der Waals surface area (Å²) in [6.45, 7) is 9.66. The van der Waals surface area contributed by atoms with Crippen LogP contribution in [0.15, 0.2) is 11.6 Å². The first-order valence-corrected chi connectivity index (χ1v) is 12.3. The standard InChI is InChI=1S/C26H40O9/c1-8-13(3)20(28)19-23-18(16(12-33-7)25(31)35-23)21(29)22(34-24(30)14(4)9-2)15(5)10-11-17(27)26(19,6)32/h9,13,15-16,18-19,21-23,29,32H,8,10-12H2,1-7H3/b14-9-/t13?,15-,16+,18?,19-,21+,22?,23?,26+/m1/s1. The molecule has 9 atom stereocenters. The summed E-state index contributed by atoms with van der Waals surface area (Å²) in [6.07, 6.45) is -1.65. The number of fused-ring (bicyclic) bond motifs is 1. The molecule has 1 saturated carbocycles. The maximum Gasteiger partial charge on any atom is 0.333 e. The van der Waals surface area contributed by atoms with Crippen LogP contribution >= 0.6 is 0 Å². The molecule has 0 radical (unpaired) electrons. The molecule has 4 unspecified atom stereocenters. The molecule has 0 spiro atoms. The van der Waals surface area contributed by atoms with E-state index in [1.54, 1.807) is 40.7 Å². The molecule has 2 fully saturated rings. The Labute approximate surface area is 207 Å². The van der Waals surface area contributed by atoms with Gasteiger partial charge < -0.3 is 24.4 Å². The maximum atomic E-state index is 13.5. The Morgan fingerprint density at radius 3 is 2.49 bits per heavy atom. The number of hydrogen-bond donors (Lipinski definition) is 2. The molecule has 0 bridgehead atoms. The van der Waals surface area contributed by atoms with E-state index in [0.717, 1.165) is 0 Å². The van der Waals surface area contributed by atoms with Crippen LogP contribution in [0.1, 0.15) is 60.8 Å². The second kappa shape index (κ2) is 11.8. The van der Waals surface area contributed by atoms with Crippen molar-refractivity contribution in [1.82, 2.24) is 0 Å². The van der Waals surface area contributed by atoms with E-state index in [1.165, 1.54) is 14.0 Å². The zero-order chi connectivity index (χ0) is 26.7. The number of ketones is 2. The van der Waals surface area contributed by atoms with Crippen LogP contribution in [0.25, 0.3) is 0 Å². The van der Waals surface area contributed by atoms with Gasteiger partial charge in [0.2, 0.25) is 0 Å². The monoisotopic (exact) mass is 496 g/mol. The molecule has 198 valence electrons. The number of aliphatic hydroxyl groups excluding tert-OH is 1. The van der Waals surface area contributed by atoms with Crippen molar-refractivity contribution in [3.05, 3.63) is 11.6 Å². The van der Waals surface area contributed by atoms with Gasteiger partial charge >= 0.3 is 11.9 Å². The van der Waals surface area contributed by atoms with Crippen LogP contribution in [0.3, 0.4) is 0 Å². The highest BCUT2D eigenvalue weighted by atomic mass is 16.6. The molecule has 2 aliphatic rings.